The molecule has 1 heterocycles. The van der Waals surface area contributed by atoms with Gasteiger partial charge in [-0.15, -0.1) is 0 Å². The zero-order valence-corrected chi connectivity index (χ0v) is 29.4. The molecule has 56 heavy (non-hydrogen) atoms. The minimum Gasteiger partial charge on any atom is -0.456 e. The fourth-order valence-corrected chi connectivity index (χ4v) is 7.56. The Morgan fingerprint density at radius 1 is 0.393 bits per heavy atom. The van der Waals surface area contributed by atoms with Gasteiger partial charge in [0.05, 0.1) is 28.8 Å². The van der Waals surface area contributed by atoms with Crippen molar-refractivity contribution in [3.8, 4) is 22.3 Å². The van der Waals surface area contributed by atoms with Crippen LogP contribution >= 0.6 is 0 Å². The van der Waals surface area contributed by atoms with E-state index in [2.05, 4.69) is 0 Å². The summed E-state index contributed by atoms with van der Waals surface area (Å²) in [5.41, 5.74) is 2.52. The quantitative estimate of drug-likeness (QED) is 0.149. The van der Waals surface area contributed by atoms with Crippen molar-refractivity contribution in [3.05, 3.63) is 216 Å². The monoisotopic (exact) mass is 735 g/mol. The van der Waals surface area contributed by atoms with Crippen LogP contribution in [-0.4, -0.2) is 0 Å². The summed E-state index contributed by atoms with van der Waals surface area (Å²) < 4.78 is 196. The lowest BCUT2D eigenvalue weighted by molar-refractivity contribution is 0.669. The van der Waals surface area contributed by atoms with Crippen LogP contribution in [0.5, 0.6) is 0 Å². The summed E-state index contributed by atoms with van der Waals surface area (Å²) in [6, 6.07) is 7.22. The van der Waals surface area contributed by atoms with E-state index in [1.807, 2.05) is 48.5 Å². The van der Waals surface area contributed by atoms with Crippen LogP contribution < -0.4 is 0 Å². The highest BCUT2D eigenvalue weighted by atomic mass is 16.3. The van der Waals surface area contributed by atoms with Gasteiger partial charge in [-0.1, -0.05) is 163 Å². The molecular formula is C55H38O. The molecule has 0 aliphatic rings. The van der Waals surface area contributed by atoms with Gasteiger partial charge < -0.3 is 4.42 Å². The van der Waals surface area contributed by atoms with Crippen molar-refractivity contribution >= 4 is 65.0 Å². The second-order valence-corrected chi connectivity index (χ2v) is 13.5. The van der Waals surface area contributed by atoms with Crippen molar-refractivity contribution in [1.82, 2.24) is 0 Å². The molecule has 0 atom stereocenters. The van der Waals surface area contributed by atoms with E-state index in [0.717, 1.165) is 16.5 Å². The Labute approximate surface area is 355 Å². The lowest BCUT2D eigenvalue weighted by Gasteiger charge is -2.18. The number of aryl methyl sites for hydroxylation is 1. The van der Waals surface area contributed by atoms with Crippen LogP contribution in [-0.2, 0) is 19.3 Å². The Hall–Kier alpha value is -6.96. The molecule has 1 heteroatoms. The van der Waals surface area contributed by atoms with Gasteiger partial charge in [-0.25, -0.2) is 0 Å². The summed E-state index contributed by atoms with van der Waals surface area (Å²) in [6.07, 6.45) is -1.46. The summed E-state index contributed by atoms with van der Waals surface area (Å²) in [7, 11) is 0. The van der Waals surface area contributed by atoms with Crippen LogP contribution in [0.3, 0.4) is 0 Å². The van der Waals surface area contributed by atoms with Gasteiger partial charge in [0.1, 0.15) is 11.2 Å². The zero-order chi connectivity index (χ0) is 55.3. The predicted octanol–water partition coefficient (Wildman–Crippen LogP) is 14.9. The summed E-state index contributed by atoms with van der Waals surface area (Å²) in [5, 5.41) is -0.905. The molecule has 0 bridgehead atoms. The molecule has 264 valence electrons. The van der Waals surface area contributed by atoms with Crippen LogP contribution in [0, 0.1) is 0 Å². The Kier molecular flexibility index (Phi) is 4.23. The summed E-state index contributed by atoms with van der Waals surface area (Å²) in [6.45, 7) is 0. The van der Waals surface area contributed by atoms with E-state index in [9.17, 15) is 11.0 Å². The van der Waals surface area contributed by atoms with Crippen LogP contribution in [0.15, 0.2) is 198 Å². The molecular weight excluding hydrogens is 677 g/mol. The number of rotatable bonds is 7. The van der Waals surface area contributed by atoms with Crippen LogP contribution in [0.1, 0.15) is 51.0 Å². The van der Waals surface area contributed by atoms with Crippen molar-refractivity contribution in [2.24, 2.45) is 0 Å². The fourth-order valence-electron chi connectivity index (χ4n) is 7.56. The van der Waals surface area contributed by atoms with E-state index in [1.54, 1.807) is 18.2 Å². The SMILES string of the molecule is [2H]c1c([2H])c([2H])c2c([2H])c(CCc3c4c([2H])c([2H])c([2H])c([2H])c4c(Cc4c([2H])c([2H])c([2H])c5c([2H])c([2H])c(-c6ccc7oc8cc(-c9ccccc9)ccc8c7c6)c([2H])c45)c4c([2H])c([2H])c([2H])c([2H])c34)c([2H])c([2H])c2c1[2H]. The normalized spacial score (nSPS) is 17.0. The number of furan rings is 1. The lowest BCUT2D eigenvalue weighted by Crippen LogP contribution is -2.00. The van der Waals surface area contributed by atoms with Crippen molar-refractivity contribution in [1.29, 1.82) is 0 Å². The smallest absolute Gasteiger partial charge is 0.136 e. The second-order valence-electron chi connectivity index (χ2n) is 13.5. The van der Waals surface area contributed by atoms with E-state index >= 15 is 0 Å². The first-order valence-electron chi connectivity index (χ1n) is 28.5. The molecule has 0 spiro atoms. The third-order valence-electron chi connectivity index (χ3n) is 10.2. The Morgan fingerprint density at radius 3 is 1.88 bits per heavy atom. The Morgan fingerprint density at radius 2 is 1.07 bits per heavy atom. The first-order valence-corrected chi connectivity index (χ1v) is 18.0. The molecule has 0 fully saturated rings. The average Bonchev–Trinajstić information content (AvgIpc) is 3.81. The molecule has 11 aromatic rings. The van der Waals surface area contributed by atoms with Crippen molar-refractivity contribution in [3.63, 3.8) is 0 Å². The van der Waals surface area contributed by atoms with Gasteiger partial charge in [-0.05, 0) is 137 Å². The van der Waals surface area contributed by atoms with E-state index in [-0.39, 0.29) is 70.9 Å². The summed E-state index contributed by atoms with van der Waals surface area (Å²) in [4.78, 5) is 0. The van der Waals surface area contributed by atoms with Gasteiger partial charge in [-0.2, -0.15) is 0 Å². The molecule has 0 aliphatic carbocycles. The van der Waals surface area contributed by atoms with Gasteiger partial charge in [0, 0.05) is 10.8 Å². The topological polar surface area (TPSA) is 13.1 Å². The number of hydrogen-bond acceptors (Lipinski definition) is 1. The van der Waals surface area contributed by atoms with Gasteiger partial charge in [-0.3, -0.25) is 0 Å². The maximum absolute atomic E-state index is 9.88. The third kappa shape index (κ3) is 5.63. The molecule has 0 unspecified atom stereocenters. The largest absolute Gasteiger partial charge is 0.456 e. The molecule has 0 saturated carbocycles. The van der Waals surface area contributed by atoms with Gasteiger partial charge in [0.15, 0.2) is 0 Å². The third-order valence-corrected chi connectivity index (χ3v) is 10.2. The van der Waals surface area contributed by atoms with Gasteiger partial charge in [0.2, 0.25) is 0 Å². The van der Waals surface area contributed by atoms with Crippen LogP contribution in [0.4, 0.5) is 0 Å². The first-order chi connectivity index (χ1) is 36.5. The highest BCUT2D eigenvalue weighted by molar-refractivity contribution is 6.08. The average molecular weight is 736 g/mol. The minimum absolute atomic E-state index is 0.0750. The van der Waals surface area contributed by atoms with Crippen LogP contribution in [0.25, 0.3) is 87.3 Å². The number of benzene rings is 10. The molecule has 1 aromatic heterocycles. The molecule has 10 aromatic carbocycles. The lowest BCUT2D eigenvalue weighted by atomic mass is 9.86. The predicted molar refractivity (Wildman–Crippen MR) is 238 cm³/mol. The first kappa shape index (κ1) is 17.7. The summed E-state index contributed by atoms with van der Waals surface area (Å²) in [5.74, 6) is 0. The summed E-state index contributed by atoms with van der Waals surface area (Å²) >= 11 is 0. The fraction of sp³-hybridized carbons (Fsp3) is 0.0545. The van der Waals surface area contributed by atoms with E-state index in [1.165, 1.54) is 0 Å². The minimum atomic E-state index is -0.743. The molecule has 0 amide bonds. The Bertz CT molecular complexity index is 4410. The van der Waals surface area contributed by atoms with E-state index in [0.29, 0.717) is 22.1 Å². The van der Waals surface area contributed by atoms with Crippen molar-refractivity contribution in [2.45, 2.75) is 19.3 Å². The maximum atomic E-state index is 9.88. The molecule has 0 aliphatic heterocycles. The highest BCUT2D eigenvalue weighted by Gasteiger charge is 2.16. The van der Waals surface area contributed by atoms with Gasteiger partial charge in [0.25, 0.3) is 0 Å². The van der Waals surface area contributed by atoms with E-state index < -0.39 is 146 Å². The number of hydrogen-bond donors (Lipinski definition) is 0. The van der Waals surface area contributed by atoms with Crippen molar-refractivity contribution in [2.75, 3.05) is 0 Å². The zero-order valence-electron chi connectivity index (χ0n) is 50.4. The molecule has 0 radical (unpaired) electrons. The van der Waals surface area contributed by atoms with E-state index in [4.69, 9.17) is 22.2 Å². The molecule has 0 N–H and O–H groups in total. The number of fused-ring (bicyclic) bond motifs is 7. The molecule has 11 rings (SSSR count). The Balaban J connectivity index is 1.17. The van der Waals surface area contributed by atoms with Gasteiger partial charge >= 0.3 is 0 Å². The standard InChI is InChI=1S/C55H38O/c1-2-11-37(12-3-1)43-26-29-50-53-33-42(27-30-54(53)56-55(50)35-43)41-25-24-39-15-10-16-44(51(39)32-41)34-52-47-19-8-6-17-45(47)49(46-18-7-9-20-48(46)52)28-22-36-21-23-38-13-4-5-14-40(38)31-36/h1-21,23-27,29-33,35H,22,28,34H2/i4D,5D,6D,7D,8D,9D,10D,13D,14D,15D,16D,17D,18D,19D,20D,21D,23D,24D,25D,31D,32D. The second kappa shape index (κ2) is 13.4. The van der Waals surface area contributed by atoms with Crippen LogP contribution in [0.2, 0.25) is 0 Å². The van der Waals surface area contributed by atoms with Crippen molar-refractivity contribution < 1.29 is 33.2 Å². The highest BCUT2D eigenvalue weighted by Crippen LogP contribution is 2.39. The molecule has 1 nitrogen and oxygen atoms in total. The maximum Gasteiger partial charge on any atom is 0.136 e. The molecule has 0 saturated heterocycles.